The van der Waals surface area contributed by atoms with E-state index < -0.39 is 6.10 Å². The van der Waals surface area contributed by atoms with Crippen molar-refractivity contribution in [2.24, 2.45) is 0 Å². The maximum absolute atomic E-state index is 10.6. The highest BCUT2D eigenvalue weighted by Crippen LogP contribution is 2.30. The predicted molar refractivity (Wildman–Crippen MR) is 93.8 cm³/mol. The van der Waals surface area contributed by atoms with E-state index in [1.165, 1.54) is 0 Å². The molecule has 0 aliphatic carbocycles. The Kier molecular flexibility index (Phi) is 6.46. The molecule has 2 aromatic carbocycles. The maximum atomic E-state index is 10.6. The van der Waals surface area contributed by atoms with Crippen molar-refractivity contribution < 1.29 is 19.3 Å². The Labute approximate surface area is 143 Å². The Morgan fingerprint density at radius 3 is 2.33 bits per heavy atom. The van der Waals surface area contributed by atoms with Gasteiger partial charge in [-0.3, -0.25) is 4.90 Å². The van der Waals surface area contributed by atoms with Crippen LogP contribution in [0.25, 0.3) is 0 Å². The lowest BCUT2D eigenvalue weighted by molar-refractivity contribution is 0.121. The smallest absolute Gasteiger partial charge is 0.124 e. The molecule has 1 atom stereocenters. The average molecular weight is 331 g/mol. The number of methoxy groups -OCH3 is 3. The number of aliphatic hydroxyl groups is 1. The van der Waals surface area contributed by atoms with Gasteiger partial charge in [0.25, 0.3) is 0 Å². The number of ether oxygens (including phenoxy) is 3. The van der Waals surface area contributed by atoms with Crippen molar-refractivity contribution in [3.63, 3.8) is 0 Å². The molecule has 0 saturated carbocycles. The number of hydrogen-bond acceptors (Lipinski definition) is 5. The fourth-order valence-corrected chi connectivity index (χ4v) is 2.64. The average Bonchev–Trinajstić information content (AvgIpc) is 2.61. The van der Waals surface area contributed by atoms with Gasteiger partial charge in [-0.15, -0.1) is 0 Å². The second-order valence-corrected chi connectivity index (χ2v) is 5.67. The zero-order chi connectivity index (χ0) is 17.5. The summed E-state index contributed by atoms with van der Waals surface area (Å²) in [5.41, 5.74) is 1.84. The first kappa shape index (κ1) is 18.1. The predicted octanol–water partition coefficient (Wildman–Crippen LogP) is 2.88. The van der Waals surface area contributed by atoms with Crippen LogP contribution in [-0.2, 0) is 6.54 Å². The van der Waals surface area contributed by atoms with Crippen LogP contribution in [0.5, 0.6) is 17.2 Å². The summed E-state index contributed by atoms with van der Waals surface area (Å²) in [4.78, 5) is 2.05. The highest BCUT2D eigenvalue weighted by Gasteiger charge is 2.17. The summed E-state index contributed by atoms with van der Waals surface area (Å²) in [7, 11) is 6.82. The van der Waals surface area contributed by atoms with Crippen molar-refractivity contribution in [3.8, 4) is 17.2 Å². The molecule has 0 unspecified atom stereocenters. The molecule has 0 radical (unpaired) electrons. The number of hydrogen-bond donors (Lipinski definition) is 1. The van der Waals surface area contributed by atoms with Gasteiger partial charge in [0, 0.05) is 18.7 Å². The van der Waals surface area contributed by atoms with Crippen molar-refractivity contribution in [3.05, 3.63) is 53.6 Å². The van der Waals surface area contributed by atoms with E-state index in [0.29, 0.717) is 30.2 Å². The van der Waals surface area contributed by atoms with Gasteiger partial charge in [-0.05, 0) is 42.9 Å². The fraction of sp³-hybridized carbons (Fsp3) is 0.368. The molecule has 0 heterocycles. The summed E-state index contributed by atoms with van der Waals surface area (Å²) in [6.45, 7) is 1.18. The Bertz CT molecular complexity index is 660. The topological polar surface area (TPSA) is 51.2 Å². The van der Waals surface area contributed by atoms with E-state index in [1.807, 2.05) is 43.4 Å². The first-order valence-corrected chi connectivity index (χ1v) is 7.78. The molecule has 0 saturated heterocycles. The number of rotatable bonds is 8. The Balaban J connectivity index is 2.06. The largest absolute Gasteiger partial charge is 0.497 e. The zero-order valence-corrected chi connectivity index (χ0v) is 14.7. The summed E-state index contributed by atoms with van der Waals surface area (Å²) in [6, 6.07) is 13.3. The number of nitrogens with zero attached hydrogens (tertiary/aromatic N) is 1. The second kappa shape index (κ2) is 8.57. The van der Waals surface area contributed by atoms with E-state index in [-0.39, 0.29) is 0 Å². The molecule has 0 fully saturated rings. The number of benzene rings is 2. The minimum Gasteiger partial charge on any atom is -0.497 e. The van der Waals surface area contributed by atoms with Crippen LogP contribution in [0.15, 0.2) is 42.5 Å². The molecule has 1 N–H and O–H groups in total. The van der Waals surface area contributed by atoms with Gasteiger partial charge in [0.1, 0.15) is 17.2 Å². The molecule has 0 bridgehead atoms. The summed E-state index contributed by atoms with van der Waals surface area (Å²) in [5.74, 6) is 2.18. The van der Waals surface area contributed by atoms with Crippen LogP contribution in [0.1, 0.15) is 17.2 Å². The van der Waals surface area contributed by atoms with E-state index in [2.05, 4.69) is 4.90 Å². The van der Waals surface area contributed by atoms with Gasteiger partial charge >= 0.3 is 0 Å². The van der Waals surface area contributed by atoms with Crippen LogP contribution in [0.3, 0.4) is 0 Å². The number of likely N-dealkylation sites (N-methyl/N-ethyl adjacent to an activating group) is 1. The minimum absolute atomic E-state index is 0.473. The first-order chi connectivity index (χ1) is 11.6. The fourth-order valence-electron chi connectivity index (χ4n) is 2.64. The van der Waals surface area contributed by atoms with Gasteiger partial charge in [0.05, 0.1) is 27.4 Å². The number of aliphatic hydroxyl groups excluding tert-OH is 1. The molecule has 0 amide bonds. The molecule has 24 heavy (non-hydrogen) atoms. The molecule has 0 aliphatic heterocycles. The lowest BCUT2D eigenvalue weighted by Gasteiger charge is -2.22. The third-order valence-corrected chi connectivity index (χ3v) is 3.87. The minimum atomic E-state index is -0.675. The van der Waals surface area contributed by atoms with Crippen LogP contribution < -0.4 is 14.2 Å². The molecule has 2 aromatic rings. The van der Waals surface area contributed by atoms with E-state index in [0.717, 1.165) is 11.3 Å². The Morgan fingerprint density at radius 2 is 1.67 bits per heavy atom. The maximum Gasteiger partial charge on any atom is 0.124 e. The Morgan fingerprint density at radius 1 is 0.958 bits per heavy atom. The van der Waals surface area contributed by atoms with Crippen molar-refractivity contribution >= 4 is 0 Å². The van der Waals surface area contributed by atoms with E-state index in [9.17, 15) is 5.11 Å². The van der Waals surface area contributed by atoms with Crippen LogP contribution >= 0.6 is 0 Å². The van der Waals surface area contributed by atoms with Gasteiger partial charge in [0.2, 0.25) is 0 Å². The lowest BCUT2D eigenvalue weighted by atomic mass is 10.1. The SMILES string of the molecule is COc1cccc(CN(C)C[C@@H](O)c2cc(OC)ccc2OC)c1. The first-order valence-electron chi connectivity index (χ1n) is 7.78. The summed E-state index contributed by atoms with van der Waals surface area (Å²) >= 11 is 0. The molecular formula is C19H25NO4. The Hall–Kier alpha value is -2.24. The molecule has 5 heteroatoms. The third kappa shape index (κ3) is 4.63. The third-order valence-electron chi connectivity index (χ3n) is 3.87. The highest BCUT2D eigenvalue weighted by molar-refractivity contribution is 5.41. The lowest BCUT2D eigenvalue weighted by Crippen LogP contribution is -2.24. The molecular weight excluding hydrogens is 306 g/mol. The normalized spacial score (nSPS) is 12.1. The summed E-state index contributed by atoms with van der Waals surface area (Å²) < 4.78 is 15.8. The van der Waals surface area contributed by atoms with Crippen LogP contribution in [0.2, 0.25) is 0 Å². The highest BCUT2D eigenvalue weighted by atomic mass is 16.5. The second-order valence-electron chi connectivity index (χ2n) is 5.67. The van der Waals surface area contributed by atoms with Crippen molar-refractivity contribution in [2.75, 3.05) is 34.9 Å². The van der Waals surface area contributed by atoms with Gasteiger partial charge in [-0.1, -0.05) is 12.1 Å². The van der Waals surface area contributed by atoms with Crippen molar-refractivity contribution in [2.45, 2.75) is 12.6 Å². The summed E-state index contributed by atoms with van der Waals surface area (Å²) in [6.07, 6.45) is -0.675. The molecule has 0 spiro atoms. The standard InChI is InChI=1S/C19H25NO4/c1-20(12-14-6-5-7-15(10-14)22-2)13-18(21)17-11-16(23-3)8-9-19(17)24-4/h5-11,18,21H,12-13H2,1-4H3/t18-/m1/s1. The molecule has 5 nitrogen and oxygen atoms in total. The van der Waals surface area contributed by atoms with Crippen LogP contribution in [0, 0.1) is 0 Å². The van der Waals surface area contributed by atoms with Crippen LogP contribution in [-0.4, -0.2) is 44.9 Å². The van der Waals surface area contributed by atoms with E-state index in [1.54, 1.807) is 27.4 Å². The monoisotopic (exact) mass is 331 g/mol. The molecule has 2 rings (SSSR count). The van der Waals surface area contributed by atoms with Crippen molar-refractivity contribution in [1.82, 2.24) is 4.90 Å². The van der Waals surface area contributed by atoms with Gasteiger partial charge < -0.3 is 19.3 Å². The van der Waals surface area contributed by atoms with Gasteiger partial charge in [-0.25, -0.2) is 0 Å². The van der Waals surface area contributed by atoms with Gasteiger partial charge in [-0.2, -0.15) is 0 Å². The van der Waals surface area contributed by atoms with Gasteiger partial charge in [0.15, 0.2) is 0 Å². The quantitative estimate of drug-likeness (QED) is 0.806. The molecule has 0 aromatic heterocycles. The van der Waals surface area contributed by atoms with E-state index in [4.69, 9.17) is 14.2 Å². The van der Waals surface area contributed by atoms with E-state index >= 15 is 0 Å². The molecule has 0 aliphatic rings. The summed E-state index contributed by atoms with van der Waals surface area (Å²) in [5, 5.41) is 10.6. The molecule has 130 valence electrons. The van der Waals surface area contributed by atoms with Crippen LogP contribution in [0.4, 0.5) is 0 Å². The zero-order valence-electron chi connectivity index (χ0n) is 14.7. The van der Waals surface area contributed by atoms with Crippen molar-refractivity contribution in [1.29, 1.82) is 0 Å².